The third kappa shape index (κ3) is 3.19. The number of hydrogen-bond acceptors (Lipinski definition) is 4. The average Bonchev–Trinajstić information content (AvgIpc) is 2.77. The van der Waals surface area contributed by atoms with Gasteiger partial charge in [-0.05, 0) is 26.0 Å². The van der Waals surface area contributed by atoms with Crippen LogP contribution in [0.2, 0.25) is 0 Å². The van der Waals surface area contributed by atoms with Gasteiger partial charge in [0.25, 0.3) is 17.4 Å². The van der Waals surface area contributed by atoms with Gasteiger partial charge in [-0.25, -0.2) is 0 Å². The summed E-state index contributed by atoms with van der Waals surface area (Å²) >= 11 is 0. The number of hydrazine groups is 1. The Morgan fingerprint density at radius 2 is 1.81 bits per heavy atom. The predicted octanol–water partition coefficient (Wildman–Crippen LogP) is 0.670. The Bertz CT molecular complexity index is 758. The van der Waals surface area contributed by atoms with Gasteiger partial charge < -0.3 is 8.98 Å². The molecule has 2 aromatic heterocycles. The maximum absolute atomic E-state index is 11.9. The molecule has 7 heteroatoms. The van der Waals surface area contributed by atoms with E-state index in [-0.39, 0.29) is 11.1 Å². The number of pyridine rings is 1. The van der Waals surface area contributed by atoms with Crippen LogP contribution < -0.4 is 16.4 Å². The summed E-state index contributed by atoms with van der Waals surface area (Å²) < 4.78 is 6.58. The number of nitrogens with zero attached hydrogens (tertiary/aromatic N) is 1. The summed E-state index contributed by atoms with van der Waals surface area (Å²) in [4.78, 5) is 35.2. The Hall–Kier alpha value is -2.83. The van der Waals surface area contributed by atoms with Gasteiger partial charge in [-0.1, -0.05) is 0 Å². The van der Waals surface area contributed by atoms with Crippen LogP contribution in [0.5, 0.6) is 0 Å². The molecule has 0 saturated carbocycles. The van der Waals surface area contributed by atoms with E-state index in [9.17, 15) is 14.4 Å². The summed E-state index contributed by atoms with van der Waals surface area (Å²) in [6, 6.07) is 4.25. The molecule has 0 bridgehead atoms. The van der Waals surface area contributed by atoms with Crippen molar-refractivity contribution in [1.82, 2.24) is 15.4 Å². The van der Waals surface area contributed by atoms with Crippen LogP contribution in [0.1, 0.15) is 32.2 Å². The maximum atomic E-state index is 11.9. The number of carbonyl (C=O) groups excluding carboxylic acids is 2. The average molecular weight is 289 g/mol. The summed E-state index contributed by atoms with van der Waals surface area (Å²) in [5.41, 5.74) is 4.73. The molecule has 0 unspecified atom stereocenters. The molecule has 2 aromatic rings. The molecule has 0 fully saturated rings. The number of hydrogen-bond donors (Lipinski definition) is 2. The van der Waals surface area contributed by atoms with Gasteiger partial charge in [-0.2, -0.15) is 0 Å². The van der Waals surface area contributed by atoms with Gasteiger partial charge in [0.05, 0.1) is 5.56 Å². The quantitative estimate of drug-likeness (QED) is 0.795. The second-order valence-electron chi connectivity index (χ2n) is 4.60. The molecule has 2 amide bonds. The topological polar surface area (TPSA) is 93.3 Å². The number of carbonyl (C=O) groups is 2. The molecule has 0 spiro atoms. The lowest BCUT2D eigenvalue weighted by Gasteiger charge is -2.07. The first-order valence-corrected chi connectivity index (χ1v) is 6.23. The minimum absolute atomic E-state index is 0.165. The third-order valence-corrected chi connectivity index (χ3v) is 2.94. The molecular weight excluding hydrogens is 274 g/mol. The molecule has 0 aliphatic carbocycles. The van der Waals surface area contributed by atoms with E-state index in [1.807, 2.05) is 0 Å². The highest BCUT2D eigenvalue weighted by Crippen LogP contribution is 2.12. The van der Waals surface area contributed by atoms with Gasteiger partial charge in [0.1, 0.15) is 11.5 Å². The van der Waals surface area contributed by atoms with Crippen molar-refractivity contribution in [1.29, 1.82) is 0 Å². The lowest BCUT2D eigenvalue weighted by atomic mass is 10.2. The van der Waals surface area contributed by atoms with Crippen LogP contribution in [-0.2, 0) is 7.05 Å². The highest BCUT2D eigenvalue weighted by atomic mass is 16.3. The molecule has 7 nitrogen and oxygen atoms in total. The minimum Gasteiger partial charge on any atom is -0.466 e. The van der Waals surface area contributed by atoms with Crippen LogP contribution in [0.25, 0.3) is 0 Å². The molecule has 2 heterocycles. The molecule has 110 valence electrons. The number of furan rings is 1. The first-order chi connectivity index (χ1) is 9.88. The van der Waals surface area contributed by atoms with Crippen molar-refractivity contribution >= 4 is 11.8 Å². The summed E-state index contributed by atoms with van der Waals surface area (Å²) in [5, 5.41) is 0. The second-order valence-corrected chi connectivity index (χ2v) is 4.60. The van der Waals surface area contributed by atoms with Gasteiger partial charge in [0.15, 0.2) is 0 Å². The molecule has 0 saturated heterocycles. The van der Waals surface area contributed by atoms with E-state index in [1.165, 1.54) is 22.9 Å². The van der Waals surface area contributed by atoms with E-state index in [4.69, 9.17) is 4.42 Å². The fraction of sp³-hybridized carbons (Fsp3) is 0.214. The molecule has 0 aromatic carbocycles. The summed E-state index contributed by atoms with van der Waals surface area (Å²) in [6.07, 6.45) is 1.47. The monoisotopic (exact) mass is 289 g/mol. The zero-order valence-electron chi connectivity index (χ0n) is 11.9. The molecule has 0 atom stereocenters. The minimum atomic E-state index is -0.570. The van der Waals surface area contributed by atoms with Gasteiger partial charge in [0.2, 0.25) is 0 Å². The van der Waals surface area contributed by atoms with Gasteiger partial charge >= 0.3 is 0 Å². The summed E-state index contributed by atoms with van der Waals surface area (Å²) in [7, 11) is 1.58. The molecule has 0 aliphatic rings. The van der Waals surface area contributed by atoms with Crippen LogP contribution >= 0.6 is 0 Å². The van der Waals surface area contributed by atoms with E-state index in [0.717, 1.165) is 0 Å². The van der Waals surface area contributed by atoms with Crippen molar-refractivity contribution in [3.05, 3.63) is 57.4 Å². The normalized spacial score (nSPS) is 10.2. The van der Waals surface area contributed by atoms with Gasteiger partial charge in [0, 0.05) is 24.9 Å². The number of amides is 2. The predicted molar refractivity (Wildman–Crippen MR) is 74.8 cm³/mol. The highest BCUT2D eigenvalue weighted by Gasteiger charge is 2.14. The van der Waals surface area contributed by atoms with Crippen LogP contribution in [0, 0.1) is 13.8 Å². The fourth-order valence-corrected chi connectivity index (χ4v) is 1.80. The van der Waals surface area contributed by atoms with E-state index >= 15 is 0 Å². The molecular formula is C14H15N3O4. The van der Waals surface area contributed by atoms with Gasteiger partial charge in [-0.3, -0.25) is 25.2 Å². The Balaban J connectivity index is 2.04. The van der Waals surface area contributed by atoms with Crippen LogP contribution in [0.3, 0.4) is 0 Å². The van der Waals surface area contributed by atoms with E-state index < -0.39 is 11.8 Å². The SMILES string of the molecule is Cc1cc(C(=O)NNC(=O)c2ccn(C)c(=O)c2)c(C)o1. The number of rotatable bonds is 2. The van der Waals surface area contributed by atoms with Crippen LogP contribution in [0.15, 0.2) is 33.6 Å². The zero-order valence-corrected chi connectivity index (χ0v) is 11.9. The van der Waals surface area contributed by atoms with Crippen molar-refractivity contribution in [2.75, 3.05) is 0 Å². The summed E-state index contributed by atoms with van der Waals surface area (Å²) in [6.45, 7) is 3.38. The first-order valence-electron chi connectivity index (χ1n) is 6.23. The fourth-order valence-electron chi connectivity index (χ4n) is 1.80. The molecule has 2 N–H and O–H groups in total. The standard InChI is InChI=1S/C14H15N3O4/c1-8-6-11(9(2)21-8)14(20)16-15-13(19)10-4-5-17(3)12(18)7-10/h4-7H,1-3H3,(H,15,19)(H,16,20). The Labute approximate surface area is 120 Å². The van der Waals surface area contributed by atoms with Crippen LogP contribution in [0.4, 0.5) is 0 Å². The second kappa shape index (κ2) is 5.66. The van der Waals surface area contributed by atoms with Crippen molar-refractivity contribution in [3.63, 3.8) is 0 Å². The molecule has 21 heavy (non-hydrogen) atoms. The lowest BCUT2D eigenvalue weighted by Crippen LogP contribution is -2.42. The van der Waals surface area contributed by atoms with Gasteiger partial charge in [-0.15, -0.1) is 0 Å². The molecule has 0 radical (unpaired) electrons. The number of aryl methyl sites for hydroxylation is 3. The van der Waals surface area contributed by atoms with E-state index in [0.29, 0.717) is 17.1 Å². The van der Waals surface area contributed by atoms with Crippen molar-refractivity contribution < 1.29 is 14.0 Å². The number of nitrogens with one attached hydrogen (secondary N) is 2. The molecule has 2 rings (SSSR count). The van der Waals surface area contributed by atoms with Crippen molar-refractivity contribution in [2.45, 2.75) is 13.8 Å². The molecule has 0 aliphatic heterocycles. The zero-order chi connectivity index (χ0) is 15.6. The lowest BCUT2D eigenvalue weighted by molar-refractivity contribution is 0.0845. The smallest absolute Gasteiger partial charge is 0.273 e. The Morgan fingerprint density at radius 3 is 2.38 bits per heavy atom. The van der Waals surface area contributed by atoms with E-state index in [2.05, 4.69) is 10.9 Å². The summed E-state index contributed by atoms with van der Waals surface area (Å²) in [5.74, 6) is 0.0174. The number of aromatic nitrogens is 1. The van der Waals surface area contributed by atoms with Crippen LogP contribution in [-0.4, -0.2) is 16.4 Å². The van der Waals surface area contributed by atoms with Crippen molar-refractivity contribution in [2.24, 2.45) is 7.05 Å². The Morgan fingerprint density at radius 1 is 1.14 bits per heavy atom. The first kappa shape index (κ1) is 14.6. The maximum Gasteiger partial charge on any atom is 0.273 e. The largest absolute Gasteiger partial charge is 0.466 e. The third-order valence-electron chi connectivity index (χ3n) is 2.94. The highest BCUT2D eigenvalue weighted by molar-refractivity contribution is 5.99. The van der Waals surface area contributed by atoms with Crippen molar-refractivity contribution in [3.8, 4) is 0 Å². The Kier molecular flexibility index (Phi) is 3.93. The van der Waals surface area contributed by atoms with E-state index in [1.54, 1.807) is 27.0 Å².